The van der Waals surface area contributed by atoms with Gasteiger partial charge in [0.2, 0.25) is 0 Å². The van der Waals surface area contributed by atoms with Gasteiger partial charge in [-0.2, -0.15) is 0 Å². The third-order valence-corrected chi connectivity index (χ3v) is 5.94. The van der Waals surface area contributed by atoms with Crippen LogP contribution in [0.5, 0.6) is 0 Å². The molecule has 0 bridgehead atoms. The zero-order valence-electron chi connectivity index (χ0n) is 13.7. The molecule has 26 heavy (non-hydrogen) atoms. The molecule has 7 heteroatoms. The van der Waals surface area contributed by atoms with Gasteiger partial charge < -0.3 is 5.11 Å². The highest BCUT2D eigenvalue weighted by molar-refractivity contribution is 9.10. The van der Waals surface area contributed by atoms with Gasteiger partial charge in [-0.05, 0) is 47.9 Å². The number of anilines is 1. The average molecular weight is 448 g/mol. The van der Waals surface area contributed by atoms with Crippen molar-refractivity contribution in [3.63, 3.8) is 0 Å². The third kappa shape index (κ3) is 3.90. The molecule has 1 fully saturated rings. The molecule has 0 aromatic heterocycles. The number of aliphatic carboxylic acids is 1. The lowest BCUT2D eigenvalue weighted by Gasteiger charge is -2.15. The van der Waals surface area contributed by atoms with Crippen LogP contribution in [0.25, 0.3) is 5.57 Å². The van der Waals surface area contributed by atoms with E-state index in [1.807, 2.05) is 31.2 Å². The minimum atomic E-state index is -0.892. The Kier molecular flexibility index (Phi) is 5.60. The van der Waals surface area contributed by atoms with E-state index in [2.05, 4.69) is 15.9 Å². The number of carboxylic acid groups (broad SMARTS) is 1. The zero-order valence-corrected chi connectivity index (χ0v) is 17.0. The van der Waals surface area contributed by atoms with Gasteiger partial charge in [-0.25, -0.2) is 0 Å². The highest BCUT2D eigenvalue weighted by atomic mass is 79.9. The number of thioether (sulfide) groups is 1. The van der Waals surface area contributed by atoms with Gasteiger partial charge in [0.25, 0.3) is 5.91 Å². The summed E-state index contributed by atoms with van der Waals surface area (Å²) < 4.78 is 1.44. The van der Waals surface area contributed by atoms with Crippen LogP contribution in [-0.2, 0) is 16.0 Å². The first-order chi connectivity index (χ1) is 12.4. The fourth-order valence-electron chi connectivity index (χ4n) is 2.59. The third-order valence-electron chi connectivity index (χ3n) is 3.94. The van der Waals surface area contributed by atoms with Gasteiger partial charge >= 0.3 is 5.97 Å². The van der Waals surface area contributed by atoms with Gasteiger partial charge in [0.05, 0.1) is 17.0 Å². The number of rotatable bonds is 4. The Balaban J connectivity index is 1.90. The number of thiocarbonyl (C=S) groups is 1. The van der Waals surface area contributed by atoms with E-state index in [1.54, 1.807) is 24.3 Å². The molecule has 0 saturated carbocycles. The van der Waals surface area contributed by atoms with Gasteiger partial charge in [0.15, 0.2) is 4.32 Å². The number of hydrogen-bond acceptors (Lipinski definition) is 4. The summed E-state index contributed by atoms with van der Waals surface area (Å²) in [5.74, 6) is -1.05. The second-order valence-corrected chi connectivity index (χ2v) is 8.27. The molecule has 1 N–H and O–H groups in total. The highest BCUT2D eigenvalue weighted by Crippen LogP contribution is 2.39. The topological polar surface area (TPSA) is 57.6 Å². The molecular formula is C19H14BrNO3S2. The monoisotopic (exact) mass is 447 g/mol. The molecule has 1 amide bonds. The number of carbonyl (C=O) groups is 2. The van der Waals surface area contributed by atoms with Crippen molar-refractivity contribution in [3.05, 3.63) is 69.0 Å². The summed E-state index contributed by atoms with van der Waals surface area (Å²) in [6.45, 7) is 1.91. The molecule has 2 aromatic carbocycles. The Morgan fingerprint density at radius 2 is 1.77 bits per heavy atom. The smallest absolute Gasteiger partial charge is 0.307 e. The van der Waals surface area contributed by atoms with E-state index in [1.165, 1.54) is 16.7 Å². The number of allylic oxidation sites excluding steroid dienone is 1. The maximum Gasteiger partial charge on any atom is 0.307 e. The summed E-state index contributed by atoms with van der Waals surface area (Å²) >= 11 is 10.1. The van der Waals surface area contributed by atoms with E-state index >= 15 is 0 Å². The molecule has 0 aliphatic carbocycles. The predicted molar refractivity (Wildman–Crippen MR) is 112 cm³/mol. The number of carbonyl (C=O) groups excluding carboxylic acids is 1. The molecule has 0 atom stereocenters. The van der Waals surface area contributed by atoms with Gasteiger partial charge in [-0.1, -0.05) is 64.2 Å². The second-order valence-electron chi connectivity index (χ2n) is 5.71. The molecule has 132 valence electrons. The quantitative estimate of drug-likeness (QED) is 0.534. The van der Waals surface area contributed by atoms with Crippen LogP contribution in [0.15, 0.2) is 57.9 Å². The van der Waals surface area contributed by atoms with Crippen molar-refractivity contribution in [2.45, 2.75) is 13.3 Å². The van der Waals surface area contributed by atoms with E-state index in [0.29, 0.717) is 20.5 Å². The van der Waals surface area contributed by atoms with Crippen LogP contribution in [0.4, 0.5) is 5.69 Å². The predicted octanol–water partition coefficient (Wildman–Crippen LogP) is 4.87. The van der Waals surface area contributed by atoms with Crippen molar-refractivity contribution >= 4 is 67.4 Å². The number of benzene rings is 2. The minimum absolute atomic E-state index is 0.0543. The Morgan fingerprint density at radius 1 is 1.15 bits per heavy atom. The molecule has 1 aliphatic heterocycles. The molecule has 1 aliphatic rings. The number of carboxylic acids is 1. The zero-order chi connectivity index (χ0) is 18.8. The summed E-state index contributed by atoms with van der Waals surface area (Å²) in [5.41, 5.74) is 3.15. The molecule has 3 rings (SSSR count). The number of nitrogens with zero attached hydrogens (tertiary/aromatic N) is 1. The molecule has 4 nitrogen and oxygen atoms in total. The summed E-state index contributed by atoms with van der Waals surface area (Å²) in [5, 5.41) is 8.86. The molecule has 1 heterocycles. The molecule has 2 aromatic rings. The average Bonchev–Trinajstić information content (AvgIpc) is 2.90. The second kappa shape index (κ2) is 7.73. The van der Waals surface area contributed by atoms with E-state index in [0.717, 1.165) is 15.6 Å². The fraction of sp³-hybridized carbons (Fsp3) is 0.105. The lowest BCUT2D eigenvalue weighted by molar-refractivity contribution is -0.136. The first-order valence-corrected chi connectivity index (χ1v) is 9.72. The van der Waals surface area contributed by atoms with Gasteiger partial charge in [0, 0.05) is 4.47 Å². The lowest BCUT2D eigenvalue weighted by atomic mass is 10.1. The fourth-order valence-corrected chi connectivity index (χ4v) is 4.20. The van der Waals surface area contributed by atoms with Crippen molar-refractivity contribution in [3.8, 4) is 0 Å². The van der Waals surface area contributed by atoms with Crippen LogP contribution in [0.1, 0.15) is 18.1 Å². The van der Waals surface area contributed by atoms with Crippen LogP contribution in [-0.4, -0.2) is 21.3 Å². The van der Waals surface area contributed by atoms with Crippen molar-refractivity contribution in [2.75, 3.05) is 4.90 Å². The number of hydrogen-bond donors (Lipinski definition) is 1. The van der Waals surface area contributed by atoms with Crippen LogP contribution in [0.2, 0.25) is 0 Å². The van der Waals surface area contributed by atoms with E-state index in [9.17, 15) is 9.59 Å². The summed E-state index contributed by atoms with van der Waals surface area (Å²) in [6.07, 6.45) is -0.0543. The molecule has 1 saturated heterocycles. The normalized spacial score (nSPS) is 16.2. The van der Waals surface area contributed by atoms with Crippen LogP contribution < -0.4 is 4.90 Å². The maximum absolute atomic E-state index is 12.9. The maximum atomic E-state index is 12.9. The largest absolute Gasteiger partial charge is 0.481 e. The standard InChI is InChI=1S/C19H14BrNO3S2/c1-11(13-4-6-14(20)7-5-13)17-18(24)21(19(25)26-17)15-8-2-12(3-9-15)10-16(22)23/h2-9H,10H2,1H3,(H,22,23)/b17-11-. The van der Waals surface area contributed by atoms with Crippen LogP contribution in [0.3, 0.4) is 0 Å². The van der Waals surface area contributed by atoms with Crippen molar-refractivity contribution < 1.29 is 14.7 Å². The SMILES string of the molecule is C/C(=C1/SC(=S)N(c2ccc(CC(=O)O)cc2)C1=O)c1ccc(Br)cc1. The molecule has 0 unspecified atom stereocenters. The molecule has 0 radical (unpaired) electrons. The van der Waals surface area contributed by atoms with E-state index in [-0.39, 0.29) is 12.3 Å². The Labute approximate surface area is 169 Å². The van der Waals surface area contributed by atoms with Crippen molar-refractivity contribution in [1.82, 2.24) is 0 Å². The van der Waals surface area contributed by atoms with E-state index < -0.39 is 5.97 Å². The van der Waals surface area contributed by atoms with Gasteiger partial charge in [-0.15, -0.1) is 0 Å². The summed E-state index contributed by atoms with van der Waals surface area (Å²) in [6, 6.07) is 14.6. The molecular weight excluding hydrogens is 434 g/mol. The van der Waals surface area contributed by atoms with Gasteiger partial charge in [-0.3, -0.25) is 14.5 Å². The number of amides is 1. The highest BCUT2D eigenvalue weighted by Gasteiger charge is 2.34. The van der Waals surface area contributed by atoms with Crippen LogP contribution >= 0.6 is 39.9 Å². The summed E-state index contributed by atoms with van der Waals surface area (Å²) in [4.78, 5) is 25.8. The Morgan fingerprint density at radius 3 is 2.35 bits per heavy atom. The van der Waals surface area contributed by atoms with Crippen molar-refractivity contribution in [2.24, 2.45) is 0 Å². The summed E-state index contributed by atoms with van der Waals surface area (Å²) in [7, 11) is 0. The first kappa shape index (κ1) is 18.8. The first-order valence-electron chi connectivity index (χ1n) is 7.70. The van der Waals surface area contributed by atoms with Crippen LogP contribution in [0, 0.1) is 0 Å². The minimum Gasteiger partial charge on any atom is -0.481 e. The number of halogens is 1. The molecule has 0 spiro atoms. The van der Waals surface area contributed by atoms with Gasteiger partial charge in [0.1, 0.15) is 0 Å². The Hall–Kier alpha value is -1.96. The lowest BCUT2D eigenvalue weighted by Crippen LogP contribution is -2.27. The Bertz CT molecular complexity index is 921. The van der Waals surface area contributed by atoms with Crippen molar-refractivity contribution in [1.29, 1.82) is 0 Å². The van der Waals surface area contributed by atoms with E-state index in [4.69, 9.17) is 17.3 Å².